The third-order valence-corrected chi connectivity index (χ3v) is 4.86. The molecule has 3 aromatic heterocycles. The van der Waals surface area contributed by atoms with Crippen LogP contribution in [0.3, 0.4) is 0 Å². The van der Waals surface area contributed by atoms with Crippen LogP contribution in [-0.4, -0.2) is 25.6 Å². The van der Waals surface area contributed by atoms with E-state index in [1.54, 1.807) is 25.5 Å². The number of hydrogen-bond donors (Lipinski definition) is 1. The number of nitrogens with one attached hydrogen (secondary N) is 1. The first kappa shape index (κ1) is 17.8. The largest absolute Gasteiger partial charge is 0.335 e. The number of benzene rings is 2. The fourth-order valence-corrected chi connectivity index (χ4v) is 3.36. The van der Waals surface area contributed by atoms with Crippen LogP contribution in [0.25, 0.3) is 28.0 Å². The summed E-state index contributed by atoms with van der Waals surface area (Å²) in [5, 5.41) is 7.57. The monoisotopic (exact) mass is 395 g/mol. The van der Waals surface area contributed by atoms with Gasteiger partial charge in [0.2, 0.25) is 0 Å². The molecule has 0 aliphatic rings. The van der Waals surface area contributed by atoms with Crippen molar-refractivity contribution in [1.29, 1.82) is 0 Å². The zero-order chi connectivity index (χ0) is 20.5. The van der Waals surface area contributed by atoms with E-state index in [-0.39, 0.29) is 5.91 Å². The smallest absolute Gasteiger partial charge is 0.259 e. The standard InChI is InChI=1S/C23H17N5O2/c1-15-21-19(13-20(26-23(21)30-27-15)16-5-3-2-4-6-16)22(29)25-17-7-9-18(10-8-17)28-12-11-24-14-28/h2-14H,1H3,(H,25,29). The predicted molar refractivity (Wildman–Crippen MR) is 113 cm³/mol. The number of nitrogens with zero attached hydrogens (tertiary/aromatic N) is 4. The first-order valence-electron chi connectivity index (χ1n) is 9.41. The van der Waals surface area contributed by atoms with Gasteiger partial charge < -0.3 is 14.4 Å². The molecule has 1 amide bonds. The summed E-state index contributed by atoms with van der Waals surface area (Å²) in [7, 11) is 0. The molecule has 2 aromatic carbocycles. The Morgan fingerprint density at radius 3 is 2.60 bits per heavy atom. The molecular formula is C23H17N5O2. The molecule has 0 atom stereocenters. The Bertz CT molecular complexity index is 1320. The van der Waals surface area contributed by atoms with Crippen molar-refractivity contribution in [3.63, 3.8) is 0 Å². The Morgan fingerprint density at radius 1 is 1.07 bits per heavy atom. The molecule has 0 aliphatic carbocycles. The van der Waals surface area contributed by atoms with Gasteiger partial charge in [0.15, 0.2) is 0 Å². The Balaban J connectivity index is 1.50. The lowest BCUT2D eigenvalue weighted by atomic mass is 10.0. The number of fused-ring (bicyclic) bond motifs is 1. The third kappa shape index (κ3) is 3.22. The number of aryl methyl sites for hydroxylation is 1. The summed E-state index contributed by atoms with van der Waals surface area (Å²) in [6.45, 7) is 1.80. The highest BCUT2D eigenvalue weighted by molar-refractivity contribution is 6.13. The van der Waals surface area contributed by atoms with E-state index < -0.39 is 0 Å². The van der Waals surface area contributed by atoms with Gasteiger partial charge in [-0.15, -0.1) is 0 Å². The highest BCUT2D eigenvalue weighted by Gasteiger charge is 2.19. The number of rotatable bonds is 4. The second kappa shape index (κ2) is 7.29. The van der Waals surface area contributed by atoms with Crippen LogP contribution in [0.5, 0.6) is 0 Å². The zero-order valence-corrected chi connectivity index (χ0v) is 16.1. The van der Waals surface area contributed by atoms with Crippen LogP contribution < -0.4 is 5.32 Å². The topological polar surface area (TPSA) is 85.8 Å². The lowest BCUT2D eigenvalue weighted by molar-refractivity contribution is 0.102. The fraction of sp³-hybridized carbons (Fsp3) is 0.0435. The van der Waals surface area contributed by atoms with E-state index in [9.17, 15) is 4.79 Å². The third-order valence-electron chi connectivity index (χ3n) is 4.86. The molecule has 1 N–H and O–H groups in total. The van der Waals surface area contributed by atoms with Crippen LogP contribution in [0, 0.1) is 6.92 Å². The van der Waals surface area contributed by atoms with Gasteiger partial charge in [-0.3, -0.25) is 4.79 Å². The number of anilines is 1. The maximum Gasteiger partial charge on any atom is 0.259 e. The molecule has 0 saturated heterocycles. The first-order valence-corrected chi connectivity index (χ1v) is 9.41. The summed E-state index contributed by atoms with van der Waals surface area (Å²) >= 11 is 0. The second-order valence-electron chi connectivity index (χ2n) is 6.84. The number of amides is 1. The van der Waals surface area contributed by atoms with E-state index in [1.165, 1.54) is 0 Å². The molecule has 5 rings (SSSR count). The van der Waals surface area contributed by atoms with Crippen LogP contribution in [0.15, 0.2) is 83.9 Å². The maximum absolute atomic E-state index is 13.2. The molecular weight excluding hydrogens is 378 g/mol. The number of hydrogen-bond acceptors (Lipinski definition) is 5. The summed E-state index contributed by atoms with van der Waals surface area (Å²) in [6, 6.07) is 19.0. The van der Waals surface area contributed by atoms with Crippen LogP contribution in [0.2, 0.25) is 0 Å². The minimum absolute atomic E-state index is 0.249. The number of imidazole rings is 1. The van der Waals surface area contributed by atoms with Gasteiger partial charge in [0.25, 0.3) is 11.6 Å². The Morgan fingerprint density at radius 2 is 1.87 bits per heavy atom. The summed E-state index contributed by atoms with van der Waals surface area (Å²) in [5.74, 6) is -0.249. The lowest BCUT2D eigenvalue weighted by Gasteiger charge is -2.09. The van der Waals surface area contributed by atoms with Crippen LogP contribution in [0.1, 0.15) is 16.1 Å². The van der Waals surface area contributed by atoms with Gasteiger partial charge in [0, 0.05) is 29.3 Å². The van der Waals surface area contributed by atoms with Crippen LogP contribution >= 0.6 is 0 Å². The average Bonchev–Trinajstić information content (AvgIpc) is 3.45. The highest BCUT2D eigenvalue weighted by Crippen LogP contribution is 2.27. The summed E-state index contributed by atoms with van der Waals surface area (Å²) < 4.78 is 7.25. The van der Waals surface area contributed by atoms with Crippen molar-refractivity contribution in [2.45, 2.75) is 6.92 Å². The molecule has 0 fully saturated rings. The van der Waals surface area contributed by atoms with Gasteiger partial charge in [-0.2, -0.15) is 0 Å². The van der Waals surface area contributed by atoms with Crippen molar-refractivity contribution in [3.8, 4) is 16.9 Å². The van der Waals surface area contributed by atoms with Gasteiger partial charge in [-0.25, -0.2) is 9.97 Å². The van der Waals surface area contributed by atoms with E-state index in [0.29, 0.717) is 33.7 Å². The number of aromatic nitrogens is 4. The molecule has 30 heavy (non-hydrogen) atoms. The quantitative estimate of drug-likeness (QED) is 0.479. The molecule has 0 radical (unpaired) electrons. The zero-order valence-electron chi connectivity index (χ0n) is 16.1. The second-order valence-corrected chi connectivity index (χ2v) is 6.84. The SMILES string of the molecule is Cc1noc2nc(-c3ccccc3)cc(C(=O)Nc3ccc(-n4ccnc4)cc3)c12. The van der Waals surface area contributed by atoms with Crippen molar-refractivity contribution in [2.75, 3.05) is 5.32 Å². The highest BCUT2D eigenvalue weighted by atomic mass is 16.5. The fourth-order valence-electron chi connectivity index (χ4n) is 3.36. The number of carbonyl (C=O) groups excluding carboxylic acids is 1. The van der Waals surface area contributed by atoms with Gasteiger partial charge in [0.05, 0.1) is 28.7 Å². The van der Waals surface area contributed by atoms with Gasteiger partial charge in [0.1, 0.15) is 0 Å². The first-order chi connectivity index (χ1) is 14.7. The molecule has 0 spiro atoms. The van der Waals surface area contributed by atoms with Crippen molar-refractivity contribution in [2.24, 2.45) is 0 Å². The molecule has 0 bridgehead atoms. The summed E-state index contributed by atoms with van der Waals surface area (Å²) in [6.07, 6.45) is 5.30. The van der Waals surface area contributed by atoms with E-state index in [1.807, 2.05) is 65.4 Å². The van der Waals surface area contributed by atoms with Crippen molar-refractivity contribution < 1.29 is 9.32 Å². The van der Waals surface area contributed by atoms with Crippen LogP contribution in [0.4, 0.5) is 5.69 Å². The van der Waals surface area contributed by atoms with E-state index in [4.69, 9.17) is 4.52 Å². The Labute approximate surface area is 172 Å². The number of carbonyl (C=O) groups is 1. The van der Waals surface area contributed by atoms with Crippen LogP contribution in [-0.2, 0) is 0 Å². The van der Waals surface area contributed by atoms with Gasteiger partial charge in [-0.05, 0) is 37.3 Å². The Kier molecular flexibility index (Phi) is 4.33. The van der Waals surface area contributed by atoms with E-state index in [2.05, 4.69) is 20.4 Å². The van der Waals surface area contributed by atoms with E-state index in [0.717, 1.165) is 11.3 Å². The molecule has 0 saturated carbocycles. The normalized spacial score (nSPS) is 11.0. The summed E-state index contributed by atoms with van der Waals surface area (Å²) in [5.41, 5.74) is 4.62. The van der Waals surface area contributed by atoms with Crippen molar-refractivity contribution in [1.82, 2.24) is 19.7 Å². The lowest BCUT2D eigenvalue weighted by Crippen LogP contribution is -2.13. The minimum Gasteiger partial charge on any atom is -0.335 e. The molecule has 0 aliphatic heterocycles. The number of pyridine rings is 1. The predicted octanol–water partition coefficient (Wildman–Crippen LogP) is 4.64. The maximum atomic E-state index is 13.2. The summed E-state index contributed by atoms with van der Waals surface area (Å²) in [4.78, 5) is 21.7. The van der Waals surface area contributed by atoms with Gasteiger partial charge in [-0.1, -0.05) is 35.5 Å². The molecule has 146 valence electrons. The molecule has 7 nitrogen and oxygen atoms in total. The van der Waals surface area contributed by atoms with E-state index >= 15 is 0 Å². The molecule has 5 aromatic rings. The molecule has 7 heteroatoms. The van der Waals surface area contributed by atoms with Crippen molar-refractivity contribution >= 4 is 22.7 Å². The van der Waals surface area contributed by atoms with Crippen molar-refractivity contribution in [3.05, 3.63) is 90.6 Å². The minimum atomic E-state index is -0.249. The average molecular weight is 395 g/mol. The Hall–Kier alpha value is -4.26. The van der Waals surface area contributed by atoms with Gasteiger partial charge >= 0.3 is 0 Å². The molecule has 0 unspecified atom stereocenters. The molecule has 3 heterocycles.